The van der Waals surface area contributed by atoms with Gasteiger partial charge in [-0.15, -0.1) is 0 Å². The molecule has 0 amide bonds. The third kappa shape index (κ3) is 4.09. The van der Waals surface area contributed by atoms with Crippen LogP contribution in [0.15, 0.2) is 0 Å². The average Bonchev–Trinajstić information content (AvgIpc) is 3.09. The predicted octanol–water partition coefficient (Wildman–Crippen LogP) is 1.24. The number of morpholine rings is 1. The van der Waals surface area contributed by atoms with Crippen LogP contribution in [0.4, 0.5) is 0 Å². The first-order chi connectivity index (χ1) is 7.38. The zero-order valence-electron chi connectivity index (χ0n) is 9.87. The van der Waals surface area contributed by atoms with Crippen LogP contribution >= 0.6 is 0 Å². The summed E-state index contributed by atoms with van der Waals surface area (Å²) >= 11 is 0. The molecule has 1 atom stereocenters. The minimum Gasteiger partial charge on any atom is -0.376 e. The first-order valence-electron chi connectivity index (χ1n) is 6.46. The van der Waals surface area contributed by atoms with Crippen molar-refractivity contribution in [2.45, 2.75) is 44.8 Å². The molecule has 0 aromatic rings. The summed E-state index contributed by atoms with van der Waals surface area (Å²) in [6.45, 7) is 7.83. The summed E-state index contributed by atoms with van der Waals surface area (Å²) in [6.07, 6.45) is 5.71. The molecule has 0 spiro atoms. The van der Waals surface area contributed by atoms with Gasteiger partial charge in [0.2, 0.25) is 0 Å². The van der Waals surface area contributed by atoms with Crippen molar-refractivity contribution in [1.82, 2.24) is 10.2 Å². The molecule has 88 valence electrons. The number of nitrogens with one attached hydrogen (secondary N) is 1. The van der Waals surface area contributed by atoms with Gasteiger partial charge in [0.1, 0.15) is 0 Å². The maximum Gasteiger partial charge on any atom is 0.0700 e. The van der Waals surface area contributed by atoms with Crippen LogP contribution in [0, 0.1) is 0 Å². The molecule has 0 aromatic carbocycles. The first-order valence-corrected chi connectivity index (χ1v) is 6.46. The van der Waals surface area contributed by atoms with Crippen molar-refractivity contribution < 1.29 is 4.74 Å². The fourth-order valence-electron chi connectivity index (χ4n) is 2.13. The standard InChI is InChI=1S/C12H24N2O/c1-2-12-10-14(8-9-15-12)7-3-6-13-11-4-5-11/h11-13H,2-10H2,1H3. The molecule has 3 heteroatoms. The highest BCUT2D eigenvalue weighted by Crippen LogP contribution is 2.18. The Morgan fingerprint density at radius 2 is 2.27 bits per heavy atom. The van der Waals surface area contributed by atoms with Gasteiger partial charge in [-0.05, 0) is 38.8 Å². The molecule has 1 aliphatic heterocycles. The third-order valence-corrected chi connectivity index (χ3v) is 3.34. The summed E-state index contributed by atoms with van der Waals surface area (Å²) in [5, 5.41) is 3.56. The second-order valence-corrected chi connectivity index (χ2v) is 4.78. The van der Waals surface area contributed by atoms with E-state index >= 15 is 0 Å². The molecule has 1 saturated heterocycles. The van der Waals surface area contributed by atoms with Gasteiger partial charge < -0.3 is 10.1 Å². The Balaban J connectivity index is 1.52. The highest BCUT2D eigenvalue weighted by Gasteiger charge is 2.20. The Labute approximate surface area is 93.2 Å². The fourth-order valence-corrected chi connectivity index (χ4v) is 2.13. The second kappa shape index (κ2) is 5.83. The van der Waals surface area contributed by atoms with Crippen molar-refractivity contribution in [2.24, 2.45) is 0 Å². The van der Waals surface area contributed by atoms with Crippen LogP contribution in [0.25, 0.3) is 0 Å². The zero-order chi connectivity index (χ0) is 10.5. The molecular weight excluding hydrogens is 188 g/mol. The van der Waals surface area contributed by atoms with E-state index in [9.17, 15) is 0 Å². The Morgan fingerprint density at radius 3 is 3.00 bits per heavy atom. The van der Waals surface area contributed by atoms with Crippen LogP contribution < -0.4 is 5.32 Å². The van der Waals surface area contributed by atoms with Crippen molar-refractivity contribution in [3.05, 3.63) is 0 Å². The predicted molar refractivity (Wildman–Crippen MR) is 62.1 cm³/mol. The van der Waals surface area contributed by atoms with Gasteiger partial charge in [-0.3, -0.25) is 4.90 Å². The molecule has 2 aliphatic rings. The van der Waals surface area contributed by atoms with E-state index in [1.165, 1.54) is 32.4 Å². The molecule has 1 aliphatic carbocycles. The molecule has 0 bridgehead atoms. The fraction of sp³-hybridized carbons (Fsp3) is 1.00. The molecule has 0 radical (unpaired) electrons. The number of ether oxygens (including phenoxy) is 1. The van der Waals surface area contributed by atoms with Crippen LogP contribution in [0.5, 0.6) is 0 Å². The zero-order valence-corrected chi connectivity index (χ0v) is 9.87. The average molecular weight is 212 g/mol. The van der Waals surface area contributed by atoms with Crippen molar-refractivity contribution in [1.29, 1.82) is 0 Å². The quantitative estimate of drug-likeness (QED) is 0.670. The number of rotatable bonds is 6. The van der Waals surface area contributed by atoms with Crippen molar-refractivity contribution in [3.8, 4) is 0 Å². The van der Waals surface area contributed by atoms with Gasteiger partial charge in [0.25, 0.3) is 0 Å². The normalized spacial score (nSPS) is 28.2. The van der Waals surface area contributed by atoms with Crippen molar-refractivity contribution in [2.75, 3.05) is 32.8 Å². The van der Waals surface area contributed by atoms with Crippen LogP contribution in [0.2, 0.25) is 0 Å². The molecule has 1 unspecified atom stereocenters. The van der Waals surface area contributed by atoms with E-state index in [1.54, 1.807) is 0 Å². The van der Waals surface area contributed by atoms with Crippen molar-refractivity contribution in [3.63, 3.8) is 0 Å². The molecule has 2 rings (SSSR count). The van der Waals surface area contributed by atoms with Gasteiger partial charge in [0.15, 0.2) is 0 Å². The Morgan fingerprint density at radius 1 is 1.40 bits per heavy atom. The summed E-state index contributed by atoms with van der Waals surface area (Å²) in [5.74, 6) is 0. The van der Waals surface area contributed by atoms with Crippen LogP contribution in [-0.2, 0) is 4.74 Å². The number of nitrogens with zero attached hydrogens (tertiary/aromatic N) is 1. The topological polar surface area (TPSA) is 24.5 Å². The molecular formula is C12H24N2O. The van der Waals surface area contributed by atoms with E-state index in [0.717, 1.165) is 32.2 Å². The van der Waals surface area contributed by atoms with Crippen LogP contribution in [0.3, 0.4) is 0 Å². The lowest BCUT2D eigenvalue weighted by Crippen LogP contribution is -2.43. The molecule has 1 saturated carbocycles. The van der Waals surface area contributed by atoms with E-state index in [0.29, 0.717) is 6.10 Å². The van der Waals surface area contributed by atoms with Gasteiger partial charge >= 0.3 is 0 Å². The molecule has 1 heterocycles. The molecule has 15 heavy (non-hydrogen) atoms. The highest BCUT2D eigenvalue weighted by atomic mass is 16.5. The summed E-state index contributed by atoms with van der Waals surface area (Å²) in [7, 11) is 0. The monoisotopic (exact) mass is 212 g/mol. The third-order valence-electron chi connectivity index (χ3n) is 3.34. The van der Waals surface area contributed by atoms with E-state index in [-0.39, 0.29) is 0 Å². The van der Waals surface area contributed by atoms with Gasteiger partial charge in [-0.2, -0.15) is 0 Å². The molecule has 3 nitrogen and oxygen atoms in total. The van der Waals surface area contributed by atoms with Gasteiger partial charge in [0, 0.05) is 19.1 Å². The Kier molecular flexibility index (Phi) is 4.42. The maximum atomic E-state index is 5.65. The Bertz CT molecular complexity index is 182. The van der Waals surface area contributed by atoms with Gasteiger partial charge in [-0.25, -0.2) is 0 Å². The van der Waals surface area contributed by atoms with E-state index in [2.05, 4.69) is 17.1 Å². The van der Waals surface area contributed by atoms with Crippen molar-refractivity contribution >= 4 is 0 Å². The lowest BCUT2D eigenvalue weighted by atomic mass is 10.2. The van der Waals surface area contributed by atoms with E-state index in [4.69, 9.17) is 4.74 Å². The summed E-state index contributed by atoms with van der Waals surface area (Å²) in [4.78, 5) is 2.55. The molecule has 1 N–H and O–H groups in total. The summed E-state index contributed by atoms with van der Waals surface area (Å²) in [6, 6.07) is 0.859. The number of hydrogen-bond donors (Lipinski definition) is 1. The minimum atomic E-state index is 0.482. The SMILES string of the molecule is CCC1CN(CCCNC2CC2)CCO1. The number of hydrogen-bond acceptors (Lipinski definition) is 3. The molecule has 0 aromatic heterocycles. The lowest BCUT2D eigenvalue weighted by Gasteiger charge is -2.32. The van der Waals surface area contributed by atoms with Gasteiger partial charge in [-0.1, -0.05) is 6.92 Å². The first kappa shape index (κ1) is 11.4. The summed E-state index contributed by atoms with van der Waals surface area (Å²) < 4.78 is 5.65. The smallest absolute Gasteiger partial charge is 0.0700 e. The lowest BCUT2D eigenvalue weighted by molar-refractivity contribution is -0.0297. The largest absolute Gasteiger partial charge is 0.376 e. The Hall–Kier alpha value is -0.120. The van der Waals surface area contributed by atoms with E-state index in [1.807, 2.05) is 0 Å². The second-order valence-electron chi connectivity index (χ2n) is 4.78. The van der Waals surface area contributed by atoms with Crippen LogP contribution in [0.1, 0.15) is 32.6 Å². The van der Waals surface area contributed by atoms with Crippen LogP contribution in [-0.4, -0.2) is 49.8 Å². The van der Waals surface area contributed by atoms with E-state index < -0.39 is 0 Å². The molecule has 2 fully saturated rings. The maximum absolute atomic E-state index is 5.65. The minimum absolute atomic E-state index is 0.482. The highest BCUT2D eigenvalue weighted by molar-refractivity contribution is 4.80. The summed E-state index contributed by atoms with van der Waals surface area (Å²) in [5.41, 5.74) is 0. The van der Waals surface area contributed by atoms with Gasteiger partial charge in [0.05, 0.1) is 12.7 Å².